The molecule has 0 saturated heterocycles. The van der Waals surface area contributed by atoms with E-state index in [-0.39, 0.29) is 0 Å². The largest absolute Gasteiger partial charge is 0.355 e. The maximum Gasteiger partial charge on any atom is 0.116 e. The lowest BCUT2D eigenvalue weighted by Gasteiger charge is -2.05. The van der Waals surface area contributed by atoms with Gasteiger partial charge in [-0.3, -0.25) is 0 Å². The molecule has 96 valence electrons. The molecule has 0 aliphatic carbocycles. The van der Waals surface area contributed by atoms with E-state index in [0.717, 1.165) is 21.6 Å². The van der Waals surface area contributed by atoms with E-state index in [1.807, 2.05) is 24.4 Å². The quantitative estimate of drug-likeness (QED) is 0.582. The Kier molecular flexibility index (Phi) is 2.60. The van der Waals surface area contributed by atoms with E-state index in [2.05, 4.69) is 45.6 Å². The second-order valence-electron chi connectivity index (χ2n) is 4.54. The van der Waals surface area contributed by atoms with E-state index in [1.165, 1.54) is 10.1 Å². The zero-order valence-corrected chi connectivity index (χ0v) is 11.4. The first kappa shape index (κ1) is 11.4. The summed E-state index contributed by atoms with van der Waals surface area (Å²) in [7, 11) is 0. The molecule has 0 spiro atoms. The van der Waals surface area contributed by atoms with Crippen molar-refractivity contribution < 1.29 is 0 Å². The van der Waals surface area contributed by atoms with Gasteiger partial charge in [0.2, 0.25) is 0 Å². The van der Waals surface area contributed by atoms with E-state index in [9.17, 15) is 0 Å². The van der Waals surface area contributed by atoms with Crippen LogP contribution < -0.4 is 5.32 Å². The Balaban J connectivity index is 1.81. The van der Waals surface area contributed by atoms with Gasteiger partial charge in [0.25, 0.3) is 0 Å². The lowest BCUT2D eigenvalue weighted by atomic mass is 10.2. The molecule has 0 saturated carbocycles. The first-order valence-corrected chi connectivity index (χ1v) is 7.16. The highest BCUT2D eigenvalue weighted by molar-refractivity contribution is 7.25. The number of anilines is 2. The normalized spacial score (nSPS) is 11.0. The molecule has 0 amide bonds. The number of thiophene rings is 1. The molecule has 4 heteroatoms. The van der Waals surface area contributed by atoms with E-state index < -0.39 is 0 Å². The fourth-order valence-electron chi connectivity index (χ4n) is 2.28. The van der Waals surface area contributed by atoms with E-state index in [4.69, 9.17) is 0 Å². The summed E-state index contributed by atoms with van der Waals surface area (Å²) in [5, 5.41) is 4.60. The standard InChI is InChI=1S/C16H11N3S/c1-2-4-11(5-3-1)19-12-6-7-13-14(8-12)20-15-9-17-10-18-16(13)15/h1-10,19H. The number of fused-ring (bicyclic) bond motifs is 3. The maximum absolute atomic E-state index is 4.36. The van der Waals surface area contributed by atoms with Crippen LogP contribution in [0.3, 0.4) is 0 Å². The van der Waals surface area contributed by atoms with Crippen LogP contribution in [0.4, 0.5) is 11.4 Å². The van der Waals surface area contributed by atoms with Crippen LogP contribution in [0.25, 0.3) is 20.3 Å². The SMILES string of the molecule is c1ccc(Nc2ccc3c(c2)sc2cncnc23)cc1. The fraction of sp³-hybridized carbons (Fsp3) is 0. The van der Waals surface area contributed by atoms with Crippen LogP contribution in [0.1, 0.15) is 0 Å². The zero-order chi connectivity index (χ0) is 13.4. The number of aromatic nitrogens is 2. The third-order valence-electron chi connectivity index (χ3n) is 3.20. The van der Waals surface area contributed by atoms with E-state index >= 15 is 0 Å². The van der Waals surface area contributed by atoms with Crippen molar-refractivity contribution >= 4 is 43.0 Å². The van der Waals surface area contributed by atoms with Crippen molar-refractivity contribution in [3.05, 3.63) is 61.1 Å². The van der Waals surface area contributed by atoms with E-state index in [1.54, 1.807) is 17.7 Å². The summed E-state index contributed by atoms with van der Waals surface area (Å²) >= 11 is 1.72. The third-order valence-corrected chi connectivity index (χ3v) is 4.27. The number of hydrogen-bond donors (Lipinski definition) is 1. The predicted octanol–water partition coefficient (Wildman–Crippen LogP) is 4.59. The first-order valence-electron chi connectivity index (χ1n) is 6.34. The minimum atomic E-state index is 1.03. The number of benzene rings is 2. The molecule has 1 N–H and O–H groups in total. The molecule has 2 aromatic carbocycles. The summed E-state index contributed by atoms with van der Waals surface area (Å²) < 4.78 is 2.35. The lowest BCUT2D eigenvalue weighted by Crippen LogP contribution is -1.88. The summed E-state index contributed by atoms with van der Waals surface area (Å²) in [6.45, 7) is 0. The van der Waals surface area contributed by atoms with Crippen molar-refractivity contribution in [1.29, 1.82) is 0 Å². The van der Waals surface area contributed by atoms with Crippen molar-refractivity contribution in [2.45, 2.75) is 0 Å². The van der Waals surface area contributed by atoms with Crippen LogP contribution in [0.5, 0.6) is 0 Å². The summed E-state index contributed by atoms with van der Waals surface area (Å²) in [5.74, 6) is 0. The van der Waals surface area contributed by atoms with E-state index in [0.29, 0.717) is 0 Å². The second kappa shape index (κ2) is 4.58. The molecule has 20 heavy (non-hydrogen) atoms. The van der Waals surface area contributed by atoms with Crippen molar-refractivity contribution in [3.8, 4) is 0 Å². The van der Waals surface area contributed by atoms with Crippen LogP contribution in [-0.2, 0) is 0 Å². The van der Waals surface area contributed by atoms with Gasteiger partial charge in [-0.2, -0.15) is 0 Å². The average molecular weight is 277 g/mol. The van der Waals surface area contributed by atoms with Crippen molar-refractivity contribution in [1.82, 2.24) is 9.97 Å². The summed E-state index contributed by atoms with van der Waals surface area (Å²) in [6, 6.07) is 16.5. The Bertz CT molecular complexity index is 884. The van der Waals surface area contributed by atoms with Gasteiger partial charge in [0.1, 0.15) is 6.33 Å². The highest BCUT2D eigenvalue weighted by Crippen LogP contribution is 2.34. The average Bonchev–Trinajstić information content (AvgIpc) is 2.86. The van der Waals surface area contributed by atoms with Gasteiger partial charge < -0.3 is 5.32 Å². The topological polar surface area (TPSA) is 37.8 Å². The van der Waals surface area contributed by atoms with Crippen molar-refractivity contribution in [2.24, 2.45) is 0 Å². The smallest absolute Gasteiger partial charge is 0.116 e. The van der Waals surface area contributed by atoms with Gasteiger partial charge in [0.15, 0.2) is 0 Å². The van der Waals surface area contributed by atoms with Gasteiger partial charge in [0.05, 0.1) is 10.2 Å². The molecule has 0 unspecified atom stereocenters. The van der Waals surface area contributed by atoms with Gasteiger partial charge in [-0.1, -0.05) is 18.2 Å². The molecular formula is C16H11N3S. The summed E-state index contributed by atoms with van der Waals surface area (Å²) in [4.78, 5) is 8.44. The highest BCUT2D eigenvalue weighted by atomic mass is 32.1. The minimum Gasteiger partial charge on any atom is -0.355 e. The van der Waals surface area contributed by atoms with Crippen LogP contribution >= 0.6 is 11.3 Å². The molecule has 0 aliphatic rings. The Labute approximate surface area is 119 Å². The monoisotopic (exact) mass is 277 g/mol. The number of nitrogens with zero attached hydrogens (tertiary/aromatic N) is 2. The van der Waals surface area contributed by atoms with Gasteiger partial charge in [0, 0.05) is 27.7 Å². The molecule has 2 aromatic heterocycles. The molecule has 4 rings (SSSR count). The molecule has 0 radical (unpaired) electrons. The fourth-order valence-corrected chi connectivity index (χ4v) is 3.35. The highest BCUT2D eigenvalue weighted by Gasteiger charge is 2.06. The third kappa shape index (κ3) is 1.90. The number of nitrogens with one attached hydrogen (secondary N) is 1. The van der Waals surface area contributed by atoms with Gasteiger partial charge >= 0.3 is 0 Å². The second-order valence-corrected chi connectivity index (χ2v) is 5.62. The van der Waals surface area contributed by atoms with Crippen LogP contribution in [0.2, 0.25) is 0 Å². The predicted molar refractivity (Wildman–Crippen MR) is 84.6 cm³/mol. The van der Waals surface area contributed by atoms with Gasteiger partial charge in [-0.05, 0) is 30.3 Å². The Morgan fingerprint density at radius 3 is 2.70 bits per heavy atom. The van der Waals surface area contributed by atoms with Crippen molar-refractivity contribution in [3.63, 3.8) is 0 Å². The van der Waals surface area contributed by atoms with Gasteiger partial charge in [-0.25, -0.2) is 9.97 Å². The van der Waals surface area contributed by atoms with Crippen LogP contribution in [-0.4, -0.2) is 9.97 Å². The number of rotatable bonds is 2. The van der Waals surface area contributed by atoms with Crippen LogP contribution in [0, 0.1) is 0 Å². The molecule has 3 nitrogen and oxygen atoms in total. The summed E-state index contributed by atoms with van der Waals surface area (Å²) in [6.07, 6.45) is 3.47. The molecule has 0 fully saturated rings. The Morgan fingerprint density at radius 2 is 1.80 bits per heavy atom. The summed E-state index contributed by atoms with van der Waals surface area (Å²) in [5.41, 5.74) is 3.21. The minimum absolute atomic E-state index is 1.03. The number of para-hydroxylation sites is 1. The number of hydrogen-bond acceptors (Lipinski definition) is 4. The lowest BCUT2D eigenvalue weighted by molar-refractivity contribution is 1.23. The molecule has 0 aliphatic heterocycles. The molecule has 0 bridgehead atoms. The molecule has 0 atom stereocenters. The van der Waals surface area contributed by atoms with Crippen LogP contribution in [0.15, 0.2) is 61.1 Å². The maximum atomic E-state index is 4.36. The van der Waals surface area contributed by atoms with Gasteiger partial charge in [-0.15, -0.1) is 11.3 Å². The Morgan fingerprint density at radius 1 is 0.900 bits per heavy atom. The first-order chi connectivity index (χ1) is 9.90. The Hall–Kier alpha value is -2.46. The molecule has 4 aromatic rings. The van der Waals surface area contributed by atoms with Crippen molar-refractivity contribution in [2.75, 3.05) is 5.32 Å². The molecule has 2 heterocycles. The molecular weight excluding hydrogens is 266 g/mol. The zero-order valence-electron chi connectivity index (χ0n) is 10.6.